The van der Waals surface area contributed by atoms with E-state index in [1.54, 1.807) is 0 Å². The first-order valence-electron chi connectivity index (χ1n) is 6.35. The minimum atomic E-state index is -0.181. The number of hydrogen-bond donors (Lipinski definition) is 1. The van der Waals surface area contributed by atoms with Crippen molar-refractivity contribution in [2.24, 2.45) is 0 Å². The van der Waals surface area contributed by atoms with Gasteiger partial charge >= 0.3 is 0 Å². The molecule has 0 saturated carbocycles. The van der Waals surface area contributed by atoms with Crippen molar-refractivity contribution in [3.63, 3.8) is 0 Å². The third-order valence-corrected chi connectivity index (χ3v) is 3.37. The van der Waals surface area contributed by atoms with E-state index in [0.717, 1.165) is 10.0 Å². The van der Waals surface area contributed by atoms with E-state index in [1.807, 2.05) is 52.0 Å². The number of hydrogen-bond acceptors (Lipinski definition) is 4. The van der Waals surface area contributed by atoms with Crippen LogP contribution in [0.1, 0.15) is 32.2 Å². The second-order valence-electron chi connectivity index (χ2n) is 5.67. The SMILES string of the molecule is Cc1c(N)nc(C(C)(C)C)nc1Oc1ccc(Br)cc1. The minimum absolute atomic E-state index is 0.181. The van der Waals surface area contributed by atoms with Crippen molar-refractivity contribution in [1.82, 2.24) is 9.97 Å². The van der Waals surface area contributed by atoms with Crippen LogP contribution in [0.4, 0.5) is 5.82 Å². The van der Waals surface area contributed by atoms with Gasteiger partial charge in [0.2, 0.25) is 5.88 Å². The zero-order chi connectivity index (χ0) is 14.9. The van der Waals surface area contributed by atoms with Crippen LogP contribution in [0, 0.1) is 6.92 Å². The summed E-state index contributed by atoms with van der Waals surface area (Å²) in [5.74, 6) is 2.35. The summed E-state index contributed by atoms with van der Waals surface area (Å²) in [5, 5.41) is 0. The van der Waals surface area contributed by atoms with Crippen LogP contribution in [0.15, 0.2) is 28.7 Å². The van der Waals surface area contributed by atoms with Gasteiger partial charge in [0, 0.05) is 9.89 Å². The van der Waals surface area contributed by atoms with Crippen LogP contribution in [0.5, 0.6) is 11.6 Å². The molecule has 4 nitrogen and oxygen atoms in total. The molecular formula is C15H18BrN3O. The van der Waals surface area contributed by atoms with Crippen molar-refractivity contribution in [3.8, 4) is 11.6 Å². The van der Waals surface area contributed by atoms with Gasteiger partial charge in [-0.1, -0.05) is 36.7 Å². The van der Waals surface area contributed by atoms with Gasteiger partial charge in [-0.3, -0.25) is 0 Å². The first-order valence-corrected chi connectivity index (χ1v) is 7.14. The highest BCUT2D eigenvalue weighted by atomic mass is 79.9. The van der Waals surface area contributed by atoms with Crippen molar-refractivity contribution in [2.45, 2.75) is 33.1 Å². The Labute approximate surface area is 127 Å². The van der Waals surface area contributed by atoms with Crippen LogP contribution in [0.3, 0.4) is 0 Å². The van der Waals surface area contributed by atoms with Gasteiger partial charge in [-0.25, -0.2) is 4.98 Å². The molecule has 0 radical (unpaired) electrons. The summed E-state index contributed by atoms with van der Waals surface area (Å²) in [6.45, 7) is 7.98. The van der Waals surface area contributed by atoms with Crippen molar-refractivity contribution < 1.29 is 4.74 Å². The fraction of sp³-hybridized carbons (Fsp3) is 0.333. The molecular weight excluding hydrogens is 318 g/mol. The molecule has 0 aliphatic rings. The smallest absolute Gasteiger partial charge is 0.227 e. The van der Waals surface area contributed by atoms with Crippen LogP contribution in [-0.4, -0.2) is 9.97 Å². The van der Waals surface area contributed by atoms with E-state index in [4.69, 9.17) is 10.5 Å². The highest BCUT2D eigenvalue weighted by molar-refractivity contribution is 9.10. The first-order chi connectivity index (χ1) is 9.27. The Morgan fingerprint density at radius 2 is 1.70 bits per heavy atom. The zero-order valence-corrected chi connectivity index (χ0v) is 13.7. The number of ether oxygens (including phenoxy) is 1. The van der Waals surface area contributed by atoms with Crippen molar-refractivity contribution in [1.29, 1.82) is 0 Å². The summed E-state index contributed by atoms with van der Waals surface area (Å²) >= 11 is 3.39. The summed E-state index contributed by atoms with van der Waals surface area (Å²) in [6.07, 6.45) is 0. The van der Waals surface area contributed by atoms with Gasteiger partial charge in [0.1, 0.15) is 17.4 Å². The van der Waals surface area contributed by atoms with Gasteiger partial charge in [-0.2, -0.15) is 4.98 Å². The first kappa shape index (κ1) is 14.8. The summed E-state index contributed by atoms with van der Waals surface area (Å²) in [4.78, 5) is 8.84. The molecule has 0 aliphatic carbocycles. The molecule has 20 heavy (non-hydrogen) atoms. The fourth-order valence-electron chi connectivity index (χ4n) is 1.56. The Hall–Kier alpha value is -1.62. The Kier molecular flexibility index (Phi) is 3.99. The second kappa shape index (κ2) is 5.40. The van der Waals surface area contributed by atoms with Crippen LogP contribution in [0.25, 0.3) is 0 Å². The molecule has 0 aliphatic heterocycles. The van der Waals surface area contributed by atoms with Gasteiger partial charge in [0.15, 0.2) is 0 Å². The predicted octanol–water partition coefficient (Wildman–Crippen LogP) is 4.22. The van der Waals surface area contributed by atoms with E-state index < -0.39 is 0 Å². The number of nitrogen functional groups attached to an aromatic ring is 1. The number of rotatable bonds is 2. The molecule has 0 saturated heterocycles. The quantitative estimate of drug-likeness (QED) is 0.892. The predicted molar refractivity (Wildman–Crippen MR) is 84.1 cm³/mol. The highest BCUT2D eigenvalue weighted by Crippen LogP contribution is 2.29. The normalized spacial score (nSPS) is 11.4. The fourth-order valence-corrected chi connectivity index (χ4v) is 1.83. The van der Waals surface area contributed by atoms with Gasteiger partial charge in [0.05, 0.1) is 5.56 Å². The molecule has 1 aromatic carbocycles. The Morgan fingerprint density at radius 3 is 2.25 bits per heavy atom. The van der Waals surface area contributed by atoms with E-state index in [9.17, 15) is 0 Å². The van der Waals surface area contributed by atoms with E-state index in [1.165, 1.54) is 0 Å². The Balaban J connectivity index is 2.40. The number of nitrogens with two attached hydrogens (primary N) is 1. The number of nitrogens with zero attached hydrogens (tertiary/aromatic N) is 2. The number of halogens is 1. The molecule has 106 valence electrons. The van der Waals surface area contributed by atoms with E-state index >= 15 is 0 Å². The minimum Gasteiger partial charge on any atom is -0.439 e. The molecule has 1 heterocycles. The lowest BCUT2D eigenvalue weighted by Gasteiger charge is -2.19. The molecule has 0 unspecified atom stereocenters. The van der Waals surface area contributed by atoms with Crippen LogP contribution >= 0.6 is 15.9 Å². The van der Waals surface area contributed by atoms with Gasteiger partial charge in [-0.15, -0.1) is 0 Å². The topological polar surface area (TPSA) is 61.0 Å². The molecule has 0 atom stereocenters. The maximum atomic E-state index is 5.96. The maximum Gasteiger partial charge on any atom is 0.227 e. The summed E-state index contributed by atoms with van der Waals surface area (Å²) < 4.78 is 6.83. The van der Waals surface area contributed by atoms with E-state index in [0.29, 0.717) is 23.3 Å². The average molecular weight is 336 g/mol. The summed E-state index contributed by atoms with van der Waals surface area (Å²) in [6, 6.07) is 7.58. The highest BCUT2D eigenvalue weighted by Gasteiger charge is 2.21. The maximum absolute atomic E-state index is 5.96. The molecule has 2 aromatic rings. The molecule has 5 heteroatoms. The monoisotopic (exact) mass is 335 g/mol. The third kappa shape index (κ3) is 3.28. The molecule has 0 bridgehead atoms. The molecule has 0 spiro atoms. The van der Waals surface area contributed by atoms with Gasteiger partial charge in [0.25, 0.3) is 0 Å². The largest absolute Gasteiger partial charge is 0.439 e. The lowest BCUT2D eigenvalue weighted by molar-refractivity contribution is 0.442. The van der Waals surface area contributed by atoms with Gasteiger partial charge in [-0.05, 0) is 31.2 Å². The van der Waals surface area contributed by atoms with Gasteiger partial charge < -0.3 is 10.5 Å². The molecule has 0 fully saturated rings. The lowest BCUT2D eigenvalue weighted by Crippen LogP contribution is -2.18. The summed E-state index contributed by atoms with van der Waals surface area (Å²) in [5.41, 5.74) is 6.53. The molecule has 0 amide bonds. The number of anilines is 1. The van der Waals surface area contributed by atoms with Crippen molar-refractivity contribution in [2.75, 3.05) is 5.73 Å². The third-order valence-electron chi connectivity index (χ3n) is 2.84. The van der Waals surface area contributed by atoms with Crippen LogP contribution < -0.4 is 10.5 Å². The molecule has 2 N–H and O–H groups in total. The second-order valence-corrected chi connectivity index (χ2v) is 6.58. The van der Waals surface area contributed by atoms with Crippen LogP contribution in [0.2, 0.25) is 0 Å². The van der Waals surface area contributed by atoms with Crippen molar-refractivity contribution in [3.05, 3.63) is 40.1 Å². The Morgan fingerprint density at radius 1 is 1.10 bits per heavy atom. The molecule has 2 rings (SSSR count). The lowest BCUT2D eigenvalue weighted by atomic mass is 9.95. The number of aromatic nitrogens is 2. The Bertz CT molecular complexity index is 618. The average Bonchev–Trinajstić information content (AvgIpc) is 2.36. The van der Waals surface area contributed by atoms with Crippen molar-refractivity contribution >= 4 is 21.7 Å². The van der Waals surface area contributed by atoms with E-state index in [-0.39, 0.29) is 5.41 Å². The number of benzene rings is 1. The van der Waals surface area contributed by atoms with Crippen LogP contribution in [-0.2, 0) is 5.41 Å². The van der Waals surface area contributed by atoms with E-state index in [2.05, 4.69) is 25.9 Å². The molecule has 1 aromatic heterocycles. The summed E-state index contributed by atoms with van der Waals surface area (Å²) in [7, 11) is 0. The zero-order valence-electron chi connectivity index (χ0n) is 12.1. The standard InChI is InChI=1S/C15H18BrN3O/c1-9-12(17)18-14(15(2,3)4)19-13(9)20-11-7-5-10(16)6-8-11/h5-8H,1-4H3,(H2,17,18,19).